The second-order valence-electron chi connectivity index (χ2n) is 4.43. The van der Waals surface area contributed by atoms with E-state index in [4.69, 9.17) is 4.74 Å². The highest BCUT2D eigenvalue weighted by Gasteiger charge is 2.20. The summed E-state index contributed by atoms with van der Waals surface area (Å²) in [6.45, 7) is 1.71. The van der Waals surface area contributed by atoms with Gasteiger partial charge < -0.3 is 4.74 Å². The summed E-state index contributed by atoms with van der Waals surface area (Å²) in [5, 5.41) is 9.26. The lowest BCUT2D eigenvalue weighted by atomic mass is 10.00. The van der Waals surface area contributed by atoms with Crippen molar-refractivity contribution in [1.82, 2.24) is 0 Å². The second-order valence-corrected chi connectivity index (χ2v) is 5.22. The first kappa shape index (κ1) is 15.3. The molecule has 0 saturated heterocycles. The highest BCUT2D eigenvalue weighted by atomic mass is 79.9. The van der Waals surface area contributed by atoms with Crippen LogP contribution in [0.15, 0.2) is 34.8 Å². The van der Waals surface area contributed by atoms with Gasteiger partial charge in [0.1, 0.15) is 11.9 Å². The van der Waals surface area contributed by atoms with Crippen LogP contribution in [0.3, 0.4) is 0 Å². The third-order valence-electron chi connectivity index (χ3n) is 3.19. The van der Waals surface area contributed by atoms with Crippen molar-refractivity contribution in [3.05, 3.63) is 62.9 Å². The Bertz CT molecular complexity index is 733. The van der Waals surface area contributed by atoms with Crippen LogP contribution in [0.1, 0.15) is 22.3 Å². The third-order valence-corrected chi connectivity index (χ3v) is 3.90. The van der Waals surface area contributed by atoms with Crippen molar-refractivity contribution in [3.8, 4) is 11.8 Å². The van der Waals surface area contributed by atoms with Gasteiger partial charge in [0.15, 0.2) is 5.75 Å². The fourth-order valence-electron chi connectivity index (χ4n) is 2.07. The second kappa shape index (κ2) is 6.55. The average Bonchev–Trinajstić information content (AvgIpc) is 2.51. The smallest absolute Gasteiger partial charge is 0.154 e. The minimum atomic E-state index is -0.435. The van der Waals surface area contributed by atoms with Crippen LogP contribution in [0.2, 0.25) is 0 Å². The first-order valence-corrected chi connectivity index (χ1v) is 7.08. The molecule has 0 bridgehead atoms. The van der Waals surface area contributed by atoms with Gasteiger partial charge in [-0.15, -0.1) is 0 Å². The molecule has 0 atom stereocenters. The Morgan fingerprint density at radius 1 is 1.24 bits per heavy atom. The highest BCUT2D eigenvalue weighted by Crippen LogP contribution is 2.37. The molecule has 0 aliphatic rings. The van der Waals surface area contributed by atoms with Crippen LogP contribution in [-0.2, 0) is 0 Å². The predicted molar refractivity (Wildman–Crippen MR) is 85.5 cm³/mol. The molecule has 4 heteroatoms. The first-order chi connectivity index (χ1) is 10.1. The number of benzene rings is 2. The van der Waals surface area contributed by atoms with E-state index in [2.05, 4.69) is 22.0 Å². The monoisotopic (exact) mass is 345 g/mol. The lowest BCUT2D eigenvalue weighted by Crippen LogP contribution is -1.99. The molecule has 2 rings (SSSR count). The maximum Gasteiger partial charge on any atom is 0.154 e. The van der Waals surface area contributed by atoms with Crippen molar-refractivity contribution >= 4 is 28.1 Å². The van der Waals surface area contributed by atoms with E-state index >= 15 is 0 Å². The number of methoxy groups -OCH3 is 1. The molecule has 21 heavy (non-hydrogen) atoms. The number of halogens is 2. The van der Waals surface area contributed by atoms with Gasteiger partial charge in [-0.3, -0.25) is 0 Å². The number of hydrogen-bond donors (Lipinski definition) is 0. The maximum absolute atomic E-state index is 14.4. The van der Waals surface area contributed by atoms with E-state index in [0.29, 0.717) is 16.7 Å². The van der Waals surface area contributed by atoms with E-state index in [0.717, 1.165) is 5.56 Å². The lowest BCUT2D eigenvalue weighted by Gasteiger charge is -2.12. The Hall–Kier alpha value is -2.12. The van der Waals surface area contributed by atoms with Crippen molar-refractivity contribution in [3.63, 3.8) is 0 Å². The summed E-state index contributed by atoms with van der Waals surface area (Å²) in [6, 6.07) is 11.7. The molecule has 0 heterocycles. The molecule has 0 radical (unpaired) electrons. The Morgan fingerprint density at radius 2 is 1.90 bits per heavy atom. The number of nitrogens with zero attached hydrogens (tertiary/aromatic N) is 1. The fraction of sp³-hybridized carbons (Fsp3) is 0.118. The van der Waals surface area contributed by atoms with Gasteiger partial charge in [0.05, 0.1) is 17.1 Å². The molecule has 106 valence electrons. The summed E-state index contributed by atoms with van der Waals surface area (Å²) in [7, 11) is 1.42. The zero-order valence-electron chi connectivity index (χ0n) is 11.7. The van der Waals surface area contributed by atoms with Crippen LogP contribution >= 0.6 is 15.9 Å². The predicted octanol–water partition coefficient (Wildman–Crippen LogP) is 4.95. The molecule has 0 aliphatic carbocycles. The summed E-state index contributed by atoms with van der Waals surface area (Å²) in [4.78, 5) is 0. The first-order valence-electron chi connectivity index (χ1n) is 6.29. The molecule has 2 aromatic rings. The van der Waals surface area contributed by atoms with E-state index < -0.39 is 5.82 Å². The van der Waals surface area contributed by atoms with Crippen molar-refractivity contribution < 1.29 is 9.13 Å². The minimum absolute atomic E-state index is 0.167. The summed E-state index contributed by atoms with van der Waals surface area (Å²) >= 11 is 3.16. The zero-order valence-corrected chi connectivity index (χ0v) is 13.2. The van der Waals surface area contributed by atoms with Crippen molar-refractivity contribution in [2.45, 2.75) is 6.92 Å². The van der Waals surface area contributed by atoms with Gasteiger partial charge in [-0.25, -0.2) is 4.39 Å². The Labute approximate surface area is 131 Å². The van der Waals surface area contributed by atoms with Crippen LogP contribution in [0.4, 0.5) is 4.39 Å². The van der Waals surface area contributed by atoms with Crippen molar-refractivity contribution in [1.29, 1.82) is 5.26 Å². The molecule has 0 saturated carbocycles. The van der Waals surface area contributed by atoms with Gasteiger partial charge in [-0.05, 0) is 34.0 Å². The molecule has 2 aromatic carbocycles. The molecule has 0 aliphatic heterocycles. The normalized spacial score (nSPS) is 10.6. The average molecular weight is 346 g/mol. The minimum Gasteiger partial charge on any atom is -0.494 e. The Morgan fingerprint density at radius 3 is 2.48 bits per heavy atom. The number of ether oxygens (including phenoxy) is 1. The Balaban J connectivity index is 2.58. The summed E-state index contributed by atoms with van der Waals surface area (Å²) in [6.07, 6.45) is 3.48. The van der Waals surface area contributed by atoms with E-state index in [1.807, 2.05) is 36.4 Å². The van der Waals surface area contributed by atoms with E-state index in [9.17, 15) is 9.65 Å². The molecular weight excluding hydrogens is 333 g/mol. The third kappa shape index (κ3) is 2.98. The van der Waals surface area contributed by atoms with Crippen LogP contribution in [0.5, 0.6) is 5.75 Å². The molecule has 0 spiro atoms. The fourth-order valence-corrected chi connectivity index (χ4v) is 2.64. The van der Waals surface area contributed by atoms with Gasteiger partial charge in [-0.2, -0.15) is 5.26 Å². The molecule has 0 fully saturated rings. The molecule has 0 unspecified atom stereocenters. The van der Waals surface area contributed by atoms with Crippen LogP contribution in [0, 0.1) is 24.1 Å². The highest BCUT2D eigenvalue weighted by molar-refractivity contribution is 9.10. The summed E-state index contributed by atoms with van der Waals surface area (Å²) < 4.78 is 19.7. The quantitative estimate of drug-likeness (QED) is 0.737. The van der Waals surface area contributed by atoms with Crippen LogP contribution in [0.25, 0.3) is 12.2 Å². The van der Waals surface area contributed by atoms with Gasteiger partial charge in [0, 0.05) is 5.56 Å². The van der Waals surface area contributed by atoms with E-state index in [1.165, 1.54) is 7.11 Å². The van der Waals surface area contributed by atoms with E-state index in [-0.39, 0.29) is 10.2 Å². The molecule has 0 amide bonds. The molecular formula is C17H13BrFNO. The van der Waals surface area contributed by atoms with E-state index in [1.54, 1.807) is 13.0 Å². The summed E-state index contributed by atoms with van der Waals surface area (Å²) in [5.41, 5.74) is 2.23. The van der Waals surface area contributed by atoms with Gasteiger partial charge in [0.2, 0.25) is 0 Å². The zero-order chi connectivity index (χ0) is 15.4. The summed E-state index contributed by atoms with van der Waals surface area (Å²) in [5.74, 6) is -0.208. The van der Waals surface area contributed by atoms with Crippen molar-refractivity contribution in [2.24, 2.45) is 0 Å². The number of hydrogen-bond acceptors (Lipinski definition) is 2. The van der Waals surface area contributed by atoms with Gasteiger partial charge >= 0.3 is 0 Å². The standard InChI is InChI=1S/C17H13BrFNO/c1-11-13(9-8-12-6-4-3-5-7-12)16(19)15(18)17(21-2)14(11)10-20/h3-9H,1-2H3/b9-8+. The molecule has 0 N–H and O–H groups in total. The van der Waals surface area contributed by atoms with Gasteiger partial charge in [0.25, 0.3) is 0 Å². The van der Waals surface area contributed by atoms with Crippen molar-refractivity contribution in [2.75, 3.05) is 7.11 Å². The maximum atomic E-state index is 14.4. The Kier molecular flexibility index (Phi) is 4.77. The number of rotatable bonds is 3. The van der Waals surface area contributed by atoms with Crippen LogP contribution in [-0.4, -0.2) is 7.11 Å². The molecule has 2 nitrogen and oxygen atoms in total. The van der Waals surface area contributed by atoms with Crippen LogP contribution < -0.4 is 4.74 Å². The van der Waals surface area contributed by atoms with Gasteiger partial charge in [-0.1, -0.05) is 42.5 Å². The lowest BCUT2D eigenvalue weighted by molar-refractivity contribution is 0.406. The largest absolute Gasteiger partial charge is 0.494 e. The molecule has 0 aromatic heterocycles. The number of nitriles is 1. The topological polar surface area (TPSA) is 33.0 Å². The SMILES string of the molecule is COc1c(Br)c(F)c(/C=C/c2ccccc2)c(C)c1C#N.